The highest BCUT2D eigenvalue weighted by molar-refractivity contribution is 6.02. The van der Waals surface area contributed by atoms with Gasteiger partial charge in [0.2, 0.25) is 5.91 Å². The molecule has 19 heavy (non-hydrogen) atoms. The molecule has 2 aromatic rings. The molecule has 1 aromatic carbocycles. The minimum Gasteiger partial charge on any atom is -0.466 e. The Labute approximate surface area is 111 Å². The van der Waals surface area contributed by atoms with Crippen LogP contribution in [-0.2, 0) is 4.79 Å². The fourth-order valence-corrected chi connectivity index (χ4v) is 2.53. The van der Waals surface area contributed by atoms with Crippen LogP contribution in [0.25, 0.3) is 0 Å². The second-order valence-electron chi connectivity index (χ2n) is 4.71. The zero-order chi connectivity index (χ0) is 13.4. The van der Waals surface area contributed by atoms with Gasteiger partial charge in [-0.25, -0.2) is 0 Å². The molecule has 0 saturated carbocycles. The first-order valence-corrected chi connectivity index (χ1v) is 6.37. The van der Waals surface area contributed by atoms with Gasteiger partial charge in [-0.1, -0.05) is 13.0 Å². The fourth-order valence-electron chi connectivity index (χ4n) is 2.53. The minimum absolute atomic E-state index is 0.0298. The highest BCUT2D eigenvalue weighted by Crippen LogP contribution is 2.37. The molecule has 98 valence electrons. The van der Waals surface area contributed by atoms with E-state index in [1.165, 1.54) is 6.26 Å². The summed E-state index contributed by atoms with van der Waals surface area (Å²) in [4.78, 5) is 11.8. The van der Waals surface area contributed by atoms with Crippen LogP contribution in [0.2, 0.25) is 0 Å². The Balaban J connectivity index is 1.98. The van der Waals surface area contributed by atoms with Gasteiger partial charge in [-0.15, -0.1) is 0 Å². The van der Waals surface area contributed by atoms with Crippen LogP contribution in [0.15, 0.2) is 41.0 Å². The van der Waals surface area contributed by atoms with E-state index in [1.807, 2.05) is 25.1 Å². The Morgan fingerprint density at radius 3 is 2.95 bits per heavy atom. The van der Waals surface area contributed by atoms with Crippen LogP contribution >= 0.6 is 0 Å². The van der Waals surface area contributed by atoms with Gasteiger partial charge in [-0.2, -0.15) is 0 Å². The van der Waals surface area contributed by atoms with Crippen LogP contribution in [0.5, 0.6) is 0 Å². The number of aliphatic hydroxyl groups is 1. The van der Waals surface area contributed by atoms with Crippen LogP contribution in [0, 0.1) is 0 Å². The molecule has 2 atom stereocenters. The van der Waals surface area contributed by atoms with Gasteiger partial charge >= 0.3 is 0 Å². The molecule has 1 aliphatic heterocycles. The fraction of sp³-hybridized carbons (Fsp3) is 0.267. The molecule has 0 radical (unpaired) electrons. The summed E-state index contributed by atoms with van der Waals surface area (Å²) in [5, 5.41) is 13.1. The first-order valence-electron chi connectivity index (χ1n) is 6.37. The molecule has 1 amide bonds. The van der Waals surface area contributed by atoms with Crippen LogP contribution in [0.1, 0.15) is 42.3 Å². The van der Waals surface area contributed by atoms with Crippen molar-refractivity contribution in [3.63, 3.8) is 0 Å². The lowest BCUT2D eigenvalue weighted by Gasteiger charge is -2.11. The highest BCUT2D eigenvalue weighted by atomic mass is 16.4. The lowest BCUT2D eigenvalue weighted by molar-refractivity contribution is -0.117. The van der Waals surface area contributed by atoms with Crippen molar-refractivity contribution in [2.45, 2.75) is 25.4 Å². The topological polar surface area (TPSA) is 62.5 Å². The van der Waals surface area contributed by atoms with E-state index in [0.717, 1.165) is 23.2 Å². The molecule has 3 rings (SSSR count). The van der Waals surface area contributed by atoms with Gasteiger partial charge in [-0.05, 0) is 41.8 Å². The van der Waals surface area contributed by atoms with Crippen LogP contribution in [0.4, 0.5) is 5.69 Å². The van der Waals surface area contributed by atoms with Crippen LogP contribution in [0.3, 0.4) is 0 Å². The molecular formula is C15H15NO3. The summed E-state index contributed by atoms with van der Waals surface area (Å²) in [5.41, 5.74) is 2.53. The van der Waals surface area contributed by atoms with Crippen molar-refractivity contribution in [3.05, 3.63) is 53.5 Å². The van der Waals surface area contributed by atoms with Crippen molar-refractivity contribution >= 4 is 11.6 Å². The van der Waals surface area contributed by atoms with Crippen molar-refractivity contribution in [2.24, 2.45) is 0 Å². The summed E-state index contributed by atoms with van der Waals surface area (Å²) in [6.45, 7) is 1.98. The lowest BCUT2D eigenvalue weighted by atomic mass is 9.94. The molecule has 0 saturated heterocycles. The van der Waals surface area contributed by atoms with Crippen molar-refractivity contribution in [3.8, 4) is 0 Å². The average Bonchev–Trinajstić information content (AvgIpc) is 3.03. The van der Waals surface area contributed by atoms with Crippen LogP contribution in [-0.4, -0.2) is 11.0 Å². The molecule has 1 aromatic heterocycles. The number of furan rings is 1. The summed E-state index contributed by atoms with van der Waals surface area (Å²) in [6, 6.07) is 9.01. The van der Waals surface area contributed by atoms with Gasteiger partial charge in [0.15, 0.2) is 0 Å². The minimum atomic E-state index is -0.798. The van der Waals surface area contributed by atoms with Gasteiger partial charge in [-0.3, -0.25) is 4.79 Å². The van der Waals surface area contributed by atoms with E-state index in [2.05, 4.69) is 5.32 Å². The number of hydrogen-bond acceptors (Lipinski definition) is 3. The number of amides is 1. The maximum atomic E-state index is 11.8. The molecule has 1 aliphatic rings. The molecule has 2 N–H and O–H groups in total. The van der Waals surface area contributed by atoms with Crippen molar-refractivity contribution in [2.75, 3.05) is 5.32 Å². The second kappa shape index (κ2) is 4.55. The summed E-state index contributed by atoms with van der Waals surface area (Å²) in [7, 11) is 0. The predicted molar refractivity (Wildman–Crippen MR) is 70.9 cm³/mol. The van der Waals surface area contributed by atoms with Crippen molar-refractivity contribution < 1.29 is 14.3 Å². The van der Waals surface area contributed by atoms with E-state index in [9.17, 15) is 9.90 Å². The number of anilines is 1. The van der Waals surface area contributed by atoms with Gasteiger partial charge < -0.3 is 14.8 Å². The zero-order valence-corrected chi connectivity index (χ0v) is 10.6. The molecule has 0 fully saturated rings. The third-order valence-corrected chi connectivity index (χ3v) is 3.56. The number of rotatable bonds is 3. The number of nitrogens with one attached hydrogen (secondary N) is 1. The lowest BCUT2D eigenvalue weighted by Crippen LogP contribution is -2.10. The standard InChI is InChI=1S/C15H15NO3/c1-2-10-11-8-9(5-6-12(11)16-15(10)18)14(17)13-4-3-7-19-13/h3-8,10,14,17H,2H2,1H3,(H,16,18). The van der Waals surface area contributed by atoms with Gasteiger partial charge in [0.25, 0.3) is 0 Å². The number of hydrogen-bond donors (Lipinski definition) is 2. The smallest absolute Gasteiger partial charge is 0.231 e. The maximum absolute atomic E-state index is 11.8. The SMILES string of the molecule is CCC1C(=O)Nc2ccc(C(O)c3ccco3)cc21. The summed E-state index contributed by atoms with van der Waals surface area (Å²) in [5.74, 6) is 0.408. The van der Waals surface area contributed by atoms with Gasteiger partial charge in [0.05, 0.1) is 12.2 Å². The molecule has 2 unspecified atom stereocenters. The Kier molecular flexibility index (Phi) is 2.87. The highest BCUT2D eigenvalue weighted by Gasteiger charge is 2.29. The van der Waals surface area contributed by atoms with Crippen molar-refractivity contribution in [1.82, 2.24) is 0 Å². The normalized spacial score (nSPS) is 19.1. The third kappa shape index (κ3) is 1.94. The molecule has 0 bridgehead atoms. The summed E-state index contributed by atoms with van der Waals surface area (Å²) >= 11 is 0. The number of fused-ring (bicyclic) bond motifs is 1. The molecule has 2 heterocycles. The molecule has 4 nitrogen and oxygen atoms in total. The monoisotopic (exact) mass is 257 g/mol. The average molecular weight is 257 g/mol. The van der Waals surface area contributed by atoms with Gasteiger partial charge in [0, 0.05) is 5.69 Å². The first kappa shape index (κ1) is 12.0. The van der Waals surface area contributed by atoms with Crippen LogP contribution < -0.4 is 5.32 Å². The third-order valence-electron chi connectivity index (χ3n) is 3.56. The molecular weight excluding hydrogens is 242 g/mol. The largest absolute Gasteiger partial charge is 0.466 e. The van der Waals surface area contributed by atoms with Crippen molar-refractivity contribution in [1.29, 1.82) is 0 Å². The number of carbonyl (C=O) groups excluding carboxylic acids is 1. The number of carbonyl (C=O) groups is 1. The number of benzene rings is 1. The number of aliphatic hydroxyl groups excluding tert-OH is 1. The van der Waals surface area contributed by atoms with E-state index in [0.29, 0.717) is 5.76 Å². The van der Waals surface area contributed by atoms with E-state index in [4.69, 9.17) is 4.42 Å². The summed E-state index contributed by atoms with van der Waals surface area (Å²) in [6.07, 6.45) is 1.49. The zero-order valence-electron chi connectivity index (χ0n) is 10.6. The Hall–Kier alpha value is -2.07. The quantitative estimate of drug-likeness (QED) is 0.888. The predicted octanol–water partition coefficient (Wildman–Crippen LogP) is 2.81. The Morgan fingerprint density at radius 2 is 2.26 bits per heavy atom. The van der Waals surface area contributed by atoms with E-state index >= 15 is 0 Å². The summed E-state index contributed by atoms with van der Waals surface area (Å²) < 4.78 is 5.21. The molecule has 0 spiro atoms. The molecule has 4 heteroatoms. The van der Waals surface area contributed by atoms with E-state index in [1.54, 1.807) is 12.1 Å². The van der Waals surface area contributed by atoms with E-state index < -0.39 is 6.10 Å². The van der Waals surface area contributed by atoms with E-state index in [-0.39, 0.29) is 11.8 Å². The Bertz CT molecular complexity index is 604. The maximum Gasteiger partial charge on any atom is 0.231 e. The second-order valence-corrected chi connectivity index (χ2v) is 4.71. The first-order chi connectivity index (χ1) is 9.20. The molecule has 0 aliphatic carbocycles. The Morgan fingerprint density at radius 1 is 1.42 bits per heavy atom. The van der Waals surface area contributed by atoms with Gasteiger partial charge in [0.1, 0.15) is 11.9 Å².